The van der Waals surface area contributed by atoms with Gasteiger partial charge in [-0.15, -0.1) is 0 Å². The van der Waals surface area contributed by atoms with Crippen LogP contribution in [0.15, 0.2) is 18.2 Å². The predicted molar refractivity (Wildman–Crippen MR) is 130 cm³/mol. The number of carbonyl (C=O) groups is 2. The first-order chi connectivity index (χ1) is 16.7. The highest BCUT2D eigenvalue weighted by Crippen LogP contribution is 2.32. The summed E-state index contributed by atoms with van der Waals surface area (Å²) in [7, 11) is 0. The number of carbonyl (C=O) groups excluding carboxylic acids is 2. The van der Waals surface area contributed by atoms with E-state index in [0.717, 1.165) is 19.3 Å². The lowest BCUT2D eigenvalue weighted by molar-refractivity contribution is -0.145. The summed E-state index contributed by atoms with van der Waals surface area (Å²) in [6, 6.07) is 0.486. The Balaban J connectivity index is 2.14. The van der Waals surface area contributed by atoms with Crippen molar-refractivity contribution in [2.45, 2.75) is 116 Å². The highest BCUT2D eigenvalue weighted by atomic mass is 19.4. The molecule has 0 spiro atoms. The minimum atomic E-state index is -4.82. The number of alkyl halides is 3. The summed E-state index contributed by atoms with van der Waals surface area (Å²) in [5.41, 5.74) is -2.14. The van der Waals surface area contributed by atoms with Crippen molar-refractivity contribution in [2.24, 2.45) is 0 Å². The van der Waals surface area contributed by atoms with Crippen LogP contribution in [-0.4, -0.2) is 24.5 Å². The minimum absolute atomic E-state index is 0.185. The van der Waals surface area contributed by atoms with Gasteiger partial charge in [0.1, 0.15) is 11.9 Å². The Morgan fingerprint density at radius 1 is 0.857 bits per heavy atom. The zero-order chi connectivity index (χ0) is 26.1. The van der Waals surface area contributed by atoms with E-state index in [-0.39, 0.29) is 6.61 Å². The monoisotopic (exact) mass is 503 g/mol. The van der Waals surface area contributed by atoms with Crippen LogP contribution in [0.5, 0.6) is 0 Å². The van der Waals surface area contributed by atoms with Crippen LogP contribution in [0.3, 0.4) is 0 Å². The van der Waals surface area contributed by atoms with Crippen molar-refractivity contribution in [2.75, 3.05) is 6.61 Å². The molecule has 200 valence electrons. The van der Waals surface area contributed by atoms with Gasteiger partial charge in [-0.2, -0.15) is 13.2 Å². The molecule has 1 N–H and O–H groups in total. The Bertz CT molecular complexity index is 752. The quantitative estimate of drug-likeness (QED) is 0.125. The Morgan fingerprint density at radius 3 is 1.83 bits per heavy atom. The first kappa shape index (κ1) is 30.9. The maximum atomic E-state index is 13.4. The molecule has 4 nitrogen and oxygen atoms in total. The molecule has 0 heterocycles. The van der Waals surface area contributed by atoms with Crippen LogP contribution in [0.4, 0.5) is 17.6 Å². The molecule has 0 aliphatic rings. The largest absolute Gasteiger partial charge is 0.464 e. The van der Waals surface area contributed by atoms with Gasteiger partial charge < -0.3 is 10.1 Å². The highest BCUT2D eigenvalue weighted by Gasteiger charge is 2.36. The van der Waals surface area contributed by atoms with E-state index in [4.69, 9.17) is 4.74 Å². The van der Waals surface area contributed by atoms with Gasteiger partial charge in [0.15, 0.2) is 0 Å². The summed E-state index contributed by atoms with van der Waals surface area (Å²) < 4.78 is 57.7. The Kier molecular flexibility index (Phi) is 15.3. The summed E-state index contributed by atoms with van der Waals surface area (Å²) in [5, 5.41) is 2.16. The van der Waals surface area contributed by atoms with Crippen LogP contribution in [0, 0.1) is 5.82 Å². The van der Waals surface area contributed by atoms with Crippen LogP contribution in [-0.2, 0) is 15.7 Å². The fourth-order valence-corrected chi connectivity index (χ4v) is 3.88. The molecular formula is C27H41F4NO3. The van der Waals surface area contributed by atoms with Crippen LogP contribution in [0.2, 0.25) is 0 Å². The molecule has 1 unspecified atom stereocenters. The molecule has 0 saturated heterocycles. The van der Waals surface area contributed by atoms with Gasteiger partial charge in [0, 0.05) is 0 Å². The normalized spacial score (nSPS) is 12.4. The van der Waals surface area contributed by atoms with Crippen molar-refractivity contribution in [1.82, 2.24) is 5.32 Å². The molecule has 0 aromatic heterocycles. The molecule has 0 bridgehead atoms. The second kappa shape index (κ2) is 17.3. The van der Waals surface area contributed by atoms with Gasteiger partial charge in [-0.25, -0.2) is 9.18 Å². The Morgan fingerprint density at radius 2 is 1.34 bits per heavy atom. The van der Waals surface area contributed by atoms with Gasteiger partial charge in [0.05, 0.1) is 17.7 Å². The van der Waals surface area contributed by atoms with Gasteiger partial charge >= 0.3 is 12.1 Å². The number of hydrogen-bond acceptors (Lipinski definition) is 3. The van der Waals surface area contributed by atoms with E-state index in [1.54, 1.807) is 0 Å². The molecule has 1 atom stereocenters. The van der Waals surface area contributed by atoms with Crippen molar-refractivity contribution in [1.29, 1.82) is 0 Å². The van der Waals surface area contributed by atoms with E-state index in [2.05, 4.69) is 12.2 Å². The van der Waals surface area contributed by atoms with Crippen molar-refractivity contribution in [3.05, 3.63) is 35.1 Å². The first-order valence-corrected chi connectivity index (χ1v) is 13.0. The number of nitrogens with one attached hydrogen (secondary N) is 1. The van der Waals surface area contributed by atoms with Gasteiger partial charge in [0.2, 0.25) is 0 Å². The number of amides is 1. The lowest BCUT2D eigenvalue weighted by atomic mass is 10.0. The van der Waals surface area contributed by atoms with E-state index in [1.807, 2.05) is 0 Å². The minimum Gasteiger partial charge on any atom is -0.464 e. The average molecular weight is 504 g/mol. The van der Waals surface area contributed by atoms with E-state index < -0.39 is 41.0 Å². The average Bonchev–Trinajstić information content (AvgIpc) is 2.80. The third kappa shape index (κ3) is 13.5. The van der Waals surface area contributed by atoms with E-state index in [1.165, 1.54) is 71.1 Å². The maximum absolute atomic E-state index is 13.4. The molecular weight excluding hydrogens is 462 g/mol. The molecule has 0 aliphatic carbocycles. The third-order valence-corrected chi connectivity index (χ3v) is 5.98. The van der Waals surface area contributed by atoms with Crippen LogP contribution in [0.25, 0.3) is 0 Å². The van der Waals surface area contributed by atoms with Crippen molar-refractivity contribution >= 4 is 11.9 Å². The first-order valence-electron chi connectivity index (χ1n) is 13.0. The number of esters is 1. The Hall–Kier alpha value is -2.12. The molecule has 1 amide bonds. The number of benzene rings is 1. The van der Waals surface area contributed by atoms with Crippen molar-refractivity contribution in [3.63, 3.8) is 0 Å². The second-order valence-electron chi connectivity index (χ2n) is 9.15. The van der Waals surface area contributed by atoms with Gasteiger partial charge in [-0.05, 0) is 31.5 Å². The standard InChI is InChI=1S/C27H41F4NO3/c1-3-4-5-6-7-8-9-10-11-12-13-14-15-16-19-35-26(34)21(2)32-25(33)23-20-22(28)17-18-24(23)27(29,30)31/h17-18,20-21H,3-16,19H2,1-2H3,(H,32,33). The van der Waals surface area contributed by atoms with Crippen LogP contribution < -0.4 is 5.32 Å². The molecule has 0 radical (unpaired) electrons. The smallest absolute Gasteiger partial charge is 0.417 e. The molecule has 8 heteroatoms. The summed E-state index contributed by atoms with van der Waals surface area (Å²) in [5.74, 6) is -2.90. The second-order valence-corrected chi connectivity index (χ2v) is 9.15. The van der Waals surface area contributed by atoms with Gasteiger partial charge in [-0.1, -0.05) is 90.4 Å². The molecule has 35 heavy (non-hydrogen) atoms. The summed E-state index contributed by atoms with van der Waals surface area (Å²) in [4.78, 5) is 24.3. The van der Waals surface area contributed by atoms with Crippen LogP contribution in [0.1, 0.15) is 120 Å². The summed E-state index contributed by atoms with van der Waals surface area (Å²) in [6.07, 6.45) is 12.1. The van der Waals surface area contributed by atoms with Gasteiger partial charge in [0.25, 0.3) is 5.91 Å². The van der Waals surface area contributed by atoms with E-state index >= 15 is 0 Å². The predicted octanol–water partition coefficient (Wildman–Crippen LogP) is 7.99. The number of halogens is 4. The molecule has 0 fully saturated rings. The topological polar surface area (TPSA) is 55.4 Å². The zero-order valence-electron chi connectivity index (χ0n) is 21.2. The number of hydrogen-bond donors (Lipinski definition) is 1. The number of rotatable bonds is 18. The van der Waals surface area contributed by atoms with E-state index in [9.17, 15) is 27.2 Å². The Labute approximate surface area is 207 Å². The molecule has 0 aliphatic heterocycles. The van der Waals surface area contributed by atoms with Crippen LogP contribution >= 0.6 is 0 Å². The lowest BCUT2D eigenvalue weighted by Crippen LogP contribution is -2.40. The number of unbranched alkanes of at least 4 members (excludes halogenated alkanes) is 13. The highest BCUT2D eigenvalue weighted by molar-refractivity contribution is 5.98. The SMILES string of the molecule is CCCCCCCCCCCCCCCCOC(=O)C(C)NC(=O)c1cc(F)ccc1C(F)(F)F. The zero-order valence-corrected chi connectivity index (χ0v) is 21.2. The van der Waals surface area contributed by atoms with E-state index in [0.29, 0.717) is 24.6 Å². The molecule has 0 saturated carbocycles. The molecule has 1 rings (SSSR count). The summed E-state index contributed by atoms with van der Waals surface area (Å²) >= 11 is 0. The number of ether oxygens (including phenoxy) is 1. The van der Waals surface area contributed by atoms with Crippen molar-refractivity contribution in [3.8, 4) is 0 Å². The van der Waals surface area contributed by atoms with Crippen molar-refractivity contribution < 1.29 is 31.9 Å². The molecule has 1 aromatic rings. The fourth-order valence-electron chi connectivity index (χ4n) is 3.88. The lowest BCUT2D eigenvalue weighted by Gasteiger charge is -2.16. The summed E-state index contributed by atoms with van der Waals surface area (Å²) in [6.45, 7) is 3.73. The van der Waals surface area contributed by atoms with Gasteiger partial charge in [-0.3, -0.25) is 4.79 Å². The maximum Gasteiger partial charge on any atom is 0.417 e. The fraction of sp³-hybridized carbons (Fsp3) is 0.704. The molecule has 1 aromatic carbocycles. The third-order valence-electron chi connectivity index (χ3n) is 5.98.